The fourth-order valence-electron chi connectivity index (χ4n) is 2.18. The van der Waals surface area contributed by atoms with Crippen LogP contribution < -0.4 is 9.47 Å². The standard InChI is InChI=1S/C14H11N3O2/c1-2-4-12-11(3-1)18-8-13(19-12)14-16-9-5-6-15-7-10(9)17-14/h1-7,13H,8H2,(H,16,17). The first-order chi connectivity index (χ1) is 9.40. The van der Waals surface area contributed by atoms with E-state index in [-0.39, 0.29) is 6.10 Å². The molecule has 0 spiro atoms. The second-order valence-corrected chi connectivity index (χ2v) is 4.38. The van der Waals surface area contributed by atoms with Crippen molar-refractivity contribution >= 4 is 11.0 Å². The number of nitrogens with one attached hydrogen (secondary N) is 1. The minimum Gasteiger partial charge on any atom is -0.485 e. The van der Waals surface area contributed by atoms with Crippen LogP contribution in [0.4, 0.5) is 0 Å². The van der Waals surface area contributed by atoms with Crippen LogP contribution >= 0.6 is 0 Å². The summed E-state index contributed by atoms with van der Waals surface area (Å²) in [5.74, 6) is 2.28. The number of hydrogen-bond donors (Lipinski definition) is 1. The van der Waals surface area contributed by atoms with Gasteiger partial charge in [-0.05, 0) is 18.2 Å². The van der Waals surface area contributed by atoms with Crippen molar-refractivity contribution in [1.29, 1.82) is 0 Å². The molecule has 0 radical (unpaired) electrons. The molecule has 0 bridgehead atoms. The highest BCUT2D eigenvalue weighted by molar-refractivity contribution is 5.73. The van der Waals surface area contributed by atoms with E-state index in [0.29, 0.717) is 6.61 Å². The largest absolute Gasteiger partial charge is 0.485 e. The summed E-state index contributed by atoms with van der Waals surface area (Å²) in [6, 6.07) is 9.51. The average Bonchev–Trinajstić information content (AvgIpc) is 2.90. The molecule has 5 heteroatoms. The summed E-state index contributed by atoms with van der Waals surface area (Å²) in [6.07, 6.45) is 3.26. The lowest BCUT2D eigenvalue weighted by molar-refractivity contribution is 0.0859. The van der Waals surface area contributed by atoms with Gasteiger partial charge >= 0.3 is 0 Å². The van der Waals surface area contributed by atoms with Gasteiger partial charge in [0, 0.05) is 6.20 Å². The number of rotatable bonds is 1. The Labute approximate surface area is 109 Å². The quantitative estimate of drug-likeness (QED) is 0.723. The molecule has 94 valence electrons. The molecule has 0 aliphatic carbocycles. The second kappa shape index (κ2) is 3.98. The maximum Gasteiger partial charge on any atom is 0.190 e. The predicted molar refractivity (Wildman–Crippen MR) is 69.2 cm³/mol. The fraction of sp³-hybridized carbons (Fsp3) is 0.143. The van der Waals surface area contributed by atoms with Crippen LogP contribution in [0.25, 0.3) is 11.0 Å². The second-order valence-electron chi connectivity index (χ2n) is 4.38. The zero-order chi connectivity index (χ0) is 12.7. The molecule has 0 saturated carbocycles. The number of aromatic nitrogens is 3. The Morgan fingerprint density at radius 3 is 2.95 bits per heavy atom. The Hall–Kier alpha value is -2.56. The smallest absolute Gasteiger partial charge is 0.190 e. The summed E-state index contributed by atoms with van der Waals surface area (Å²) in [5.41, 5.74) is 1.78. The van der Waals surface area contributed by atoms with Gasteiger partial charge in [0.05, 0.1) is 17.2 Å². The minimum atomic E-state index is -0.220. The number of aromatic amines is 1. The average molecular weight is 253 g/mol. The summed E-state index contributed by atoms with van der Waals surface area (Å²) in [4.78, 5) is 11.8. The number of nitrogens with zero attached hydrogens (tertiary/aromatic N) is 2. The maximum atomic E-state index is 5.91. The first-order valence-electron chi connectivity index (χ1n) is 6.08. The molecular formula is C14H11N3O2. The molecule has 3 aromatic rings. The Balaban J connectivity index is 1.70. The van der Waals surface area contributed by atoms with Gasteiger partial charge < -0.3 is 14.5 Å². The van der Waals surface area contributed by atoms with E-state index < -0.39 is 0 Å². The molecule has 1 unspecified atom stereocenters. The molecule has 1 aromatic carbocycles. The molecule has 3 heterocycles. The highest BCUT2D eigenvalue weighted by atomic mass is 16.6. The summed E-state index contributed by atoms with van der Waals surface area (Å²) in [6.45, 7) is 0.449. The lowest BCUT2D eigenvalue weighted by Gasteiger charge is -2.24. The molecule has 1 aliphatic rings. The molecule has 5 nitrogen and oxygen atoms in total. The monoisotopic (exact) mass is 253 g/mol. The first kappa shape index (κ1) is 10.4. The number of H-pyrrole nitrogens is 1. The summed E-state index contributed by atoms with van der Waals surface area (Å²) >= 11 is 0. The van der Waals surface area contributed by atoms with Gasteiger partial charge in [-0.1, -0.05) is 12.1 Å². The van der Waals surface area contributed by atoms with Crippen LogP contribution in [0.2, 0.25) is 0 Å². The Kier molecular flexibility index (Phi) is 2.17. The lowest BCUT2D eigenvalue weighted by atomic mass is 10.2. The molecule has 0 fully saturated rings. The maximum absolute atomic E-state index is 5.91. The summed E-state index contributed by atoms with van der Waals surface area (Å²) in [5, 5.41) is 0. The molecule has 4 rings (SSSR count). The number of imidazole rings is 1. The third-order valence-electron chi connectivity index (χ3n) is 3.12. The normalized spacial score (nSPS) is 17.6. The Morgan fingerprint density at radius 2 is 2.05 bits per heavy atom. The van der Waals surface area contributed by atoms with E-state index >= 15 is 0 Å². The van der Waals surface area contributed by atoms with Crippen LogP contribution in [-0.2, 0) is 0 Å². The van der Waals surface area contributed by atoms with Crippen molar-refractivity contribution in [1.82, 2.24) is 15.0 Å². The van der Waals surface area contributed by atoms with E-state index in [1.807, 2.05) is 30.3 Å². The van der Waals surface area contributed by atoms with Crippen molar-refractivity contribution in [2.45, 2.75) is 6.10 Å². The van der Waals surface area contributed by atoms with E-state index in [9.17, 15) is 0 Å². The molecule has 1 aliphatic heterocycles. The van der Waals surface area contributed by atoms with Gasteiger partial charge in [0.1, 0.15) is 6.61 Å². The zero-order valence-corrected chi connectivity index (χ0v) is 10.0. The number of ether oxygens (including phenoxy) is 2. The van der Waals surface area contributed by atoms with Gasteiger partial charge in [-0.3, -0.25) is 4.98 Å². The van der Waals surface area contributed by atoms with E-state index in [4.69, 9.17) is 9.47 Å². The van der Waals surface area contributed by atoms with E-state index in [1.54, 1.807) is 12.4 Å². The van der Waals surface area contributed by atoms with Crippen molar-refractivity contribution in [2.75, 3.05) is 6.61 Å². The van der Waals surface area contributed by atoms with E-state index in [2.05, 4.69) is 15.0 Å². The van der Waals surface area contributed by atoms with E-state index in [1.165, 1.54) is 0 Å². The molecule has 0 saturated heterocycles. The van der Waals surface area contributed by atoms with Gasteiger partial charge in [0.2, 0.25) is 0 Å². The van der Waals surface area contributed by atoms with Crippen molar-refractivity contribution in [2.24, 2.45) is 0 Å². The van der Waals surface area contributed by atoms with Crippen LogP contribution in [0.3, 0.4) is 0 Å². The third kappa shape index (κ3) is 1.71. The van der Waals surface area contributed by atoms with Crippen molar-refractivity contribution in [3.05, 3.63) is 48.5 Å². The first-order valence-corrected chi connectivity index (χ1v) is 6.08. The number of fused-ring (bicyclic) bond motifs is 2. The van der Waals surface area contributed by atoms with Gasteiger partial charge in [0.15, 0.2) is 23.4 Å². The number of pyridine rings is 1. The molecule has 19 heavy (non-hydrogen) atoms. The van der Waals surface area contributed by atoms with Crippen molar-refractivity contribution in [3.63, 3.8) is 0 Å². The van der Waals surface area contributed by atoms with Gasteiger partial charge in [-0.15, -0.1) is 0 Å². The molecule has 1 N–H and O–H groups in total. The molecular weight excluding hydrogens is 242 g/mol. The SMILES string of the molecule is c1ccc2c(c1)OCC(c1nc3ccncc3[nH]1)O2. The zero-order valence-electron chi connectivity index (χ0n) is 10.0. The molecule has 0 amide bonds. The number of para-hydroxylation sites is 2. The van der Waals surface area contributed by atoms with Crippen LogP contribution in [-0.4, -0.2) is 21.6 Å². The number of benzene rings is 1. The van der Waals surface area contributed by atoms with E-state index in [0.717, 1.165) is 28.4 Å². The summed E-state index contributed by atoms with van der Waals surface area (Å²) in [7, 11) is 0. The topological polar surface area (TPSA) is 60.0 Å². The Bertz CT molecular complexity index is 705. The van der Waals surface area contributed by atoms with Crippen molar-refractivity contribution in [3.8, 4) is 11.5 Å². The Morgan fingerprint density at radius 1 is 1.16 bits per heavy atom. The highest BCUT2D eigenvalue weighted by Gasteiger charge is 2.24. The highest BCUT2D eigenvalue weighted by Crippen LogP contribution is 2.35. The van der Waals surface area contributed by atoms with Gasteiger partial charge in [-0.25, -0.2) is 4.98 Å². The van der Waals surface area contributed by atoms with Crippen LogP contribution in [0, 0.1) is 0 Å². The van der Waals surface area contributed by atoms with Crippen LogP contribution in [0.15, 0.2) is 42.7 Å². The lowest BCUT2D eigenvalue weighted by Crippen LogP contribution is -2.22. The third-order valence-corrected chi connectivity index (χ3v) is 3.12. The summed E-state index contributed by atoms with van der Waals surface area (Å²) < 4.78 is 11.6. The molecule has 1 atom stereocenters. The van der Waals surface area contributed by atoms with Crippen molar-refractivity contribution < 1.29 is 9.47 Å². The van der Waals surface area contributed by atoms with Gasteiger partial charge in [-0.2, -0.15) is 0 Å². The minimum absolute atomic E-state index is 0.220. The number of hydrogen-bond acceptors (Lipinski definition) is 4. The molecule has 2 aromatic heterocycles. The fourth-order valence-corrected chi connectivity index (χ4v) is 2.18. The van der Waals surface area contributed by atoms with Crippen LogP contribution in [0.5, 0.6) is 11.5 Å². The van der Waals surface area contributed by atoms with Crippen LogP contribution in [0.1, 0.15) is 11.9 Å². The van der Waals surface area contributed by atoms with Gasteiger partial charge in [0.25, 0.3) is 0 Å². The predicted octanol–water partition coefficient (Wildman–Crippen LogP) is 2.47.